The summed E-state index contributed by atoms with van der Waals surface area (Å²) in [6, 6.07) is 1.95. The minimum absolute atomic E-state index is 0.220. The molecule has 1 unspecified atom stereocenters. The van der Waals surface area contributed by atoms with Gasteiger partial charge in [-0.1, -0.05) is 13.8 Å². The number of aliphatic hydroxyl groups excluding tert-OH is 1. The first kappa shape index (κ1) is 12.8. The monoisotopic (exact) mass is 248 g/mol. The quantitative estimate of drug-likeness (QED) is 0.895. The fourth-order valence-electron chi connectivity index (χ4n) is 1.87. The van der Waals surface area contributed by atoms with Crippen LogP contribution >= 0.6 is 0 Å². The van der Waals surface area contributed by atoms with Gasteiger partial charge in [-0.3, -0.25) is 0 Å². The van der Waals surface area contributed by atoms with Crippen molar-refractivity contribution in [1.82, 2.24) is 19.3 Å². The highest BCUT2D eigenvalue weighted by molar-refractivity contribution is 5.15. The average molecular weight is 248 g/mol. The minimum atomic E-state index is -0.410. The van der Waals surface area contributed by atoms with Gasteiger partial charge in [0.15, 0.2) is 5.82 Å². The Morgan fingerprint density at radius 1 is 1.33 bits per heavy atom. The molecule has 0 aromatic carbocycles. The summed E-state index contributed by atoms with van der Waals surface area (Å²) in [7, 11) is 1.96. The van der Waals surface area contributed by atoms with E-state index >= 15 is 0 Å². The number of nitrogens with zero attached hydrogens (tertiary/aromatic N) is 4. The summed E-state index contributed by atoms with van der Waals surface area (Å²) in [6.45, 7) is 6.62. The first-order valence-corrected chi connectivity index (χ1v) is 6.17. The zero-order valence-electron chi connectivity index (χ0n) is 11.3. The van der Waals surface area contributed by atoms with Crippen LogP contribution in [0.25, 0.3) is 0 Å². The lowest BCUT2D eigenvalue weighted by Crippen LogP contribution is -2.06. The Kier molecular flexibility index (Phi) is 3.52. The van der Waals surface area contributed by atoms with Gasteiger partial charge in [0.1, 0.15) is 5.82 Å². The van der Waals surface area contributed by atoms with Crippen LogP contribution in [-0.4, -0.2) is 24.4 Å². The van der Waals surface area contributed by atoms with E-state index in [2.05, 4.69) is 10.2 Å². The molecule has 0 aliphatic carbocycles. The molecule has 1 N–H and O–H groups in total. The van der Waals surface area contributed by atoms with Gasteiger partial charge in [-0.25, -0.2) is 0 Å². The number of hydrogen-bond donors (Lipinski definition) is 1. The maximum absolute atomic E-state index is 9.99. The molecule has 2 heterocycles. The van der Waals surface area contributed by atoms with Gasteiger partial charge in [-0.05, 0) is 24.5 Å². The van der Waals surface area contributed by atoms with Gasteiger partial charge < -0.3 is 14.2 Å². The number of hydrogen-bond acceptors (Lipinski definition) is 3. The van der Waals surface area contributed by atoms with E-state index in [-0.39, 0.29) is 5.92 Å². The summed E-state index contributed by atoms with van der Waals surface area (Å²) >= 11 is 0. The van der Waals surface area contributed by atoms with Crippen LogP contribution < -0.4 is 0 Å². The third kappa shape index (κ3) is 2.46. The molecular formula is C13H20N4O. The highest BCUT2D eigenvalue weighted by atomic mass is 16.3. The molecule has 2 aromatic heterocycles. The Balaban J connectivity index is 2.14. The van der Waals surface area contributed by atoms with Crippen molar-refractivity contribution in [3.8, 4) is 0 Å². The molecule has 0 aliphatic rings. The molecule has 0 aliphatic heterocycles. The van der Waals surface area contributed by atoms with Gasteiger partial charge >= 0.3 is 0 Å². The van der Waals surface area contributed by atoms with Crippen molar-refractivity contribution in [2.75, 3.05) is 0 Å². The van der Waals surface area contributed by atoms with Crippen molar-refractivity contribution >= 4 is 0 Å². The molecule has 0 saturated carbocycles. The van der Waals surface area contributed by atoms with E-state index in [0.717, 1.165) is 17.2 Å². The predicted molar refractivity (Wildman–Crippen MR) is 69.1 cm³/mol. The van der Waals surface area contributed by atoms with Gasteiger partial charge in [0.05, 0.1) is 12.6 Å². The molecule has 1 atom stereocenters. The molecule has 0 saturated heterocycles. The third-order valence-electron chi connectivity index (χ3n) is 3.25. The topological polar surface area (TPSA) is 55.9 Å². The summed E-state index contributed by atoms with van der Waals surface area (Å²) < 4.78 is 3.99. The maximum Gasteiger partial charge on any atom is 0.152 e. The fraction of sp³-hybridized carbons (Fsp3) is 0.538. The number of aryl methyl sites for hydroxylation is 1. The van der Waals surface area contributed by atoms with Crippen LogP contribution in [-0.2, 0) is 13.6 Å². The van der Waals surface area contributed by atoms with Crippen LogP contribution in [0.5, 0.6) is 0 Å². The Labute approximate surface area is 107 Å². The minimum Gasteiger partial charge on any atom is -0.388 e. The van der Waals surface area contributed by atoms with Crippen LogP contribution in [0.15, 0.2) is 18.5 Å². The van der Waals surface area contributed by atoms with E-state index in [0.29, 0.717) is 6.54 Å². The molecule has 0 bridgehead atoms. The zero-order valence-corrected chi connectivity index (χ0v) is 11.3. The molecule has 18 heavy (non-hydrogen) atoms. The van der Waals surface area contributed by atoms with Crippen molar-refractivity contribution in [1.29, 1.82) is 0 Å². The SMILES string of the molecule is Cc1nnc(Cn2ccc(C(O)C(C)C)c2)n1C. The van der Waals surface area contributed by atoms with Crippen molar-refractivity contribution in [2.45, 2.75) is 33.4 Å². The van der Waals surface area contributed by atoms with Crippen LogP contribution in [0.1, 0.15) is 37.2 Å². The van der Waals surface area contributed by atoms with E-state index in [1.165, 1.54) is 0 Å². The second-order valence-electron chi connectivity index (χ2n) is 5.03. The zero-order chi connectivity index (χ0) is 13.3. The van der Waals surface area contributed by atoms with Gasteiger partial charge in [-0.15, -0.1) is 10.2 Å². The molecular weight excluding hydrogens is 228 g/mol. The van der Waals surface area contributed by atoms with Gasteiger partial charge in [-0.2, -0.15) is 0 Å². The Hall–Kier alpha value is -1.62. The number of aliphatic hydroxyl groups is 1. The smallest absolute Gasteiger partial charge is 0.152 e. The van der Waals surface area contributed by atoms with Crippen molar-refractivity contribution in [3.05, 3.63) is 35.7 Å². The van der Waals surface area contributed by atoms with Gasteiger partial charge in [0, 0.05) is 19.4 Å². The van der Waals surface area contributed by atoms with Crippen molar-refractivity contribution < 1.29 is 5.11 Å². The molecule has 98 valence electrons. The first-order chi connectivity index (χ1) is 8.49. The highest BCUT2D eigenvalue weighted by Crippen LogP contribution is 2.21. The second-order valence-corrected chi connectivity index (χ2v) is 5.03. The molecule has 0 amide bonds. The van der Waals surface area contributed by atoms with Gasteiger partial charge in [0.25, 0.3) is 0 Å². The van der Waals surface area contributed by atoms with Crippen LogP contribution in [0.3, 0.4) is 0 Å². The second kappa shape index (κ2) is 4.94. The summed E-state index contributed by atoms with van der Waals surface area (Å²) in [4.78, 5) is 0. The van der Waals surface area contributed by atoms with Crippen LogP contribution in [0, 0.1) is 12.8 Å². The van der Waals surface area contributed by atoms with E-state index in [1.54, 1.807) is 0 Å². The lowest BCUT2D eigenvalue weighted by atomic mass is 10.0. The highest BCUT2D eigenvalue weighted by Gasteiger charge is 2.13. The van der Waals surface area contributed by atoms with Crippen molar-refractivity contribution in [3.63, 3.8) is 0 Å². The lowest BCUT2D eigenvalue weighted by molar-refractivity contribution is 0.127. The fourth-order valence-corrected chi connectivity index (χ4v) is 1.87. The Morgan fingerprint density at radius 2 is 2.06 bits per heavy atom. The normalized spacial score (nSPS) is 13.2. The molecule has 2 rings (SSSR count). The largest absolute Gasteiger partial charge is 0.388 e. The molecule has 5 nitrogen and oxygen atoms in total. The molecule has 2 aromatic rings. The van der Waals surface area contributed by atoms with E-state index < -0.39 is 6.10 Å². The molecule has 5 heteroatoms. The standard InChI is InChI=1S/C13H20N4O/c1-9(2)13(18)11-5-6-17(7-11)8-12-15-14-10(3)16(12)4/h5-7,9,13,18H,8H2,1-4H3. The van der Waals surface area contributed by atoms with Crippen LogP contribution in [0.4, 0.5) is 0 Å². The Morgan fingerprint density at radius 3 is 2.61 bits per heavy atom. The molecule has 0 fully saturated rings. The Bertz CT molecular complexity index is 527. The van der Waals surface area contributed by atoms with E-state index in [4.69, 9.17) is 0 Å². The third-order valence-corrected chi connectivity index (χ3v) is 3.25. The summed E-state index contributed by atoms with van der Waals surface area (Å²) in [6.07, 6.45) is 3.52. The summed E-state index contributed by atoms with van der Waals surface area (Å²) in [5.41, 5.74) is 0.948. The van der Waals surface area contributed by atoms with Crippen LogP contribution in [0.2, 0.25) is 0 Å². The van der Waals surface area contributed by atoms with E-state index in [1.807, 2.05) is 55.4 Å². The number of aromatic nitrogens is 4. The lowest BCUT2D eigenvalue weighted by Gasteiger charge is -2.12. The first-order valence-electron chi connectivity index (χ1n) is 6.17. The molecule has 0 spiro atoms. The predicted octanol–water partition coefficient (Wildman–Crippen LogP) is 1.66. The average Bonchev–Trinajstić information content (AvgIpc) is 2.90. The van der Waals surface area contributed by atoms with Crippen molar-refractivity contribution in [2.24, 2.45) is 13.0 Å². The number of rotatable bonds is 4. The van der Waals surface area contributed by atoms with E-state index in [9.17, 15) is 5.11 Å². The summed E-state index contributed by atoms with van der Waals surface area (Å²) in [5.74, 6) is 2.03. The molecule has 0 radical (unpaired) electrons. The maximum atomic E-state index is 9.99. The summed E-state index contributed by atoms with van der Waals surface area (Å²) in [5, 5.41) is 18.2. The van der Waals surface area contributed by atoms with Gasteiger partial charge in [0.2, 0.25) is 0 Å².